The Morgan fingerprint density at radius 3 is 1.74 bits per heavy atom. The van der Waals surface area contributed by atoms with Gasteiger partial charge in [0.05, 0.1) is 17.7 Å². The molecule has 2 aromatic rings. The number of benzene rings is 2. The highest BCUT2D eigenvalue weighted by molar-refractivity contribution is 5.92. The number of ether oxygens (including phenoxy) is 3. The van der Waals surface area contributed by atoms with Gasteiger partial charge in [-0.1, -0.05) is 39.0 Å². The summed E-state index contributed by atoms with van der Waals surface area (Å²) in [5, 5.41) is 0. The maximum atomic E-state index is 12.3. The van der Waals surface area contributed by atoms with Gasteiger partial charge in [0.25, 0.3) is 0 Å². The van der Waals surface area contributed by atoms with Crippen LogP contribution in [0.15, 0.2) is 48.5 Å². The molecule has 0 aliphatic heterocycles. The van der Waals surface area contributed by atoms with Gasteiger partial charge in [0.15, 0.2) is 0 Å². The van der Waals surface area contributed by atoms with E-state index in [2.05, 4.69) is 6.92 Å². The molecule has 2 rings (SSSR count). The topological polar surface area (TPSA) is 78.9 Å². The first kappa shape index (κ1) is 24.1. The monoisotopic (exact) mass is 426 g/mol. The van der Waals surface area contributed by atoms with Gasteiger partial charge >= 0.3 is 17.9 Å². The largest absolute Gasteiger partial charge is 0.462 e. The number of hydrogen-bond acceptors (Lipinski definition) is 6. The third-order valence-corrected chi connectivity index (χ3v) is 4.63. The molecule has 2 aromatic carbocycles. The maximum absolute atomic E-state index is 12.3. The fourth-order valence-corrected chi connectivity index (χ4v) is 2.93. The zero-order valence-corrected chi connectivity index (χ0v) is 18.2. The van der Waals surface area contributed by atoms with Crippen LogP contribution in [0.2, 0.25) is 0 Å². The second-order valence-electron chi connectivity index (χ2n) is 7.15. The van der Waals surface area contributed by atoms with E-state index in [1.807, 2.05) is 0 Å². The van der Waals surface area contributed by atoms with E-state index in [1.165, 1.54) is 43.5 Å². The van der Waals surface area contributed by atoms with Crippen LogP contribution in [0.3, 0.4) is 0 Å². The third-order valence-electron chi connectivity index (χ3n) is 4.63. The number of unbranched alkanes of at least 4 members (excludes halogenated alkanes) is 5. The number of hydrogen-bond donors (Lipinski definition) is 0. The fraction of sp³-hybridized carbons (Fsp3) is 0.400. The van der Waals surface area contributed by atoms with Crippen molar-refractivity contribution in [1.82, 2.24) is 0 Å². The number of carbonyl (C=O) groups is 3. The van der Waals surface area contributed by atoms with Gasteiger partial charge in [-0.25, -0.2) is 9.59 Å². The average Bonchev–Trinajstić information content (AvgIpc) is 2.77. The number of esters is 3. The maximum Gasteiger partial charge on any atom is 0.343 e. The summed E-state index contributed by atoms with van der Waals surface area (Å²) in [6.45, 7) is 4.20. The van der Waals surface area contributed by atoms with Crippen LogP contribution < -0.4 is 9.47 Å². The van der Waals surface area contributed by atoms with Crippen molar-refractivity contribution in [2.24, 2.45) is 0 Å². The summed E-state index contributed by atoms with van der Waals surface area (Å²) < 4.78 is 15.5. The third kappa shape index (κ3) is 8.62. The summed E-state index contributed by atoms with van der Waals surface area (Å²) in [5.74, 6) is -0.540. The Morgan fingerprint density at radius 2 is 1.16 bits per heavy atom. The lowest BCUT2D eigenvalue weighted by Crippen LogP contribution is -2.10. The normalized spacial score (nSPS) is 10.4. The minimum absolute atomic E-state index is 0.271. The van der Waals surface area contributed by atoms with E-state index in [0.29, 0.717) is 35.7 Å². The van der Waals surface area contributed by atoms with Crippen LogP contribution in [0.25, 0.3) is 0 Å². The molecule has 0 fully saturated rings. The van der Waals surface area contributed by atoms with E-state index in [9.17, 15) is 14.4 Å². The average molecular weight is 427 g/mol. The van der Waals surface area contributed by atoms with Gasteiger partial charge in [0.1, 0.15) is 11.5 Å². The van der Waals surface area contributed by atoms with Crippen LogP contribution in [0.4, 0.5) is 0 Å². The molecule has 0 heterocycles. The van der Waals surface area contributed by atoms with Crippen molar-refractivity contribution in [2.75, 3.05) is 6.61 Å². The number of rotatable bonds is 12. The highest BCUT2D eigenvalue weighted by Crippen LogP contribution is 2.18. The predicted molar refractivity (Wildman–Crippen MR) is 117 cm³/mol. The number of carbonyl (C=O) groups excluding carboxylic acids is 3. The molecule has 0 radical (unpaired) electrons. The van der Waals surface area contributed by atoms with Crippen molar-refractivity contribution in [3.63, 3.8) is 0 Å². The quantitative estimate of drug-likeness (QED) is 0.245. The molecule has 0 N–H and O–H groups in total. The smallest absolute Gasteiger partial charge is 0.343 e. The second-order valence-corrected chi connectivity index (χ2v) is 7.15. The van der Waals surface area contributed by atoms with E-state index in [-0.39, 0.29) is 5.97 Å². The first-order valence-corrected chi connectivity index (χ1v) is 10.8. The molecule has 0 aliphatic rings. The summed E-state index contributed by atoms with van der Waals surface area (Å²) in [6, 6.07) is 12.4. The SMILES string of the molecule is CCCCCCCCC(=O)Oc1ccc(C(=O)Oc2ccc(C(=O)OCC)cc2)cc1. The van der Waals surface area contributed by atoms with E-state index >= 15 is 0 Å². The van der Waals surface area contributed by atoms with Crippen LogP contribution in [0, 0.1) is 0 Å². The van der Waals surface area contributed by atoms with E-state index in [0.717, 1.165) is 19.3 Å². The molecule has 0 saturated heterocycles. The Kier molecular flexibility index (Phi) is 10.3. The molecule has 0 bridgehead atoms. The van der Waals surface area contributed by atoms with Gasteiger partial charge in [0, 0.05) is 6.42 Å². The standard InChI is InChI=1S/C25H30O6/c1-3-5-6-7-8-9-10-23(26)30-21-15-13-20(14-16-21)25(28)31-22-17-11-19(12-18-22)24(27)29-4-2/h11-18H,3-10H2,1-2H3. The van der Waals surface area contributed by atoms with Gasteiger partial charge in [-0.3, -0.25) is 4.79 Å². The Hall–Kier alpha value is -3.15. The molecule has 0 unspecified atom stereocenters. The Labute approximate surface area is 183 Å². The second kappa shape index (κ2) is 13.2. The molecule has 0 amide bonds. The molecule has 0 aromatic heterocycles. The Balaban J connectivity index is 1.79. The van der Waals surface area contributed by atoms with Crippen molar-refractivity contribution in [3.8, 4) is 11.5 Å². The minimum atomic E-state index is -0.547. The molecular formula is C25H30O6. The van der Waals surface area contributed by atoms with Gasteiger partial charge < -0.3 is 14.2 Å². The van der Waals surface area contributed by atoms with Crippen molar-refractivity contribution in [1.29, 1.82) is 0 Å². The molecule has 31 heavy (non-hydrogen) atoms. The van der Waals surface area contributed by atoms with Gasteiger partial charge in [-0.15, -0.1) is 0 Å². The lowest BCUT2D eigenvalue weighted by molar-refractivity contribution is -0.134. The molecule has 0 atom stereocenters. The van der Waals surface area contributed by atoms with Crippen molar-refractivity contribution < 1.29 is 28.6 Å². The molecule has 166 valence electrons. The van der Waals surface area contributed by atoms with Crippen LogP contribution in [-0.2, 0) is 9.53 Å². The molecule has 6 nitrogen and oxygen atoms in total. The summed E-state index contributed by atoms with van der Waals surface area (Å²) in [7, 11) is 0. The summed E-state index contributed by atoms with van der Waals surface area (Å²) in [6.07, 6.45) is 7.02. The first-order chi connectivity index (χ1) is 15.0. The first-order valence-electron chi connectivity index (χ1n) is 10.8. The molecule has 0 spiro atoms. The highest BCUT2D eigenvalue weighted by atomic mass is 16.5. The van der Waals surface area contributed by atoms with Crippen molar-refractivity contribution in [2.45, 2.75) is 58.8 Å². The van der Waals surface area contributed by atoms with Crippen LogP contribution in [-0.4, -0.2) is 24.5 Å². The van der Waals surface area contributed by atoms with Gasteiger partial charge in [0.2, 0.25) is 0 Å². The Bertz CT molecular complexity index is 839. The lowest BCUT2D eigenvalue weighted by atomic mass is 10.1. The molecule has 0 aliphatic carbocycles. The van der Waals surface area contributed by atoms with Gasteiger partial charge in [-0.2, -0.15) is 0 Å². The lowest BCUT2D eigenvalue weighted by Gasteiger charge is -2.07. The van der Waals surface area contributed by atoms with Crippen LogP contribution in [0.1, 0.15) is 79.5 Å². The fourth-order valence-electron chi connectivity index (χ4n) is 2.93. The zero-order valence-electron chi connectivity index (χ0n) is 18.2. The van der Waals surface area contributed by atoms with Gasteiger partial charge in [-0.05, 0) is 61.9 Å². The van der Waals surface area contributed by atoms with E-state index in [1.54, 1.807) is 31.2 Å². The van der Waals surface area contributed by atoms with Crippen molar-refractivity contribution in [3.05, 3.63) is 59.7 Å². The highest BCUT2D eigenvalue weighted by Gasteiger charge is 2.12. The minimum Gasteiger partial charge on any atom is -0.462 e. The molecule has 0 saturated carbocycles. The predicted octanol–water partition coefficient (Wildman–Crippen LogP) is 5.74. The summed E-state index contributed by atoms with van der Waals surface area (Å²) in [4.78, 5) is 35.9. The summed E-state index contributed by atoms with van der Waals surface area (Å²) >= 11 is 0. The van der Waals surface area contributed by atoms with Crippen molar-refractivity contribution >= 4 is 17.9 Å². The zero-order chi connectivity index (χ0) is 22.5. The van der Waals surface area contributed by atoms with Crippen LogP contribution in [0.5, 0.6) is 11.5 Å². The van der Waals surface area contributed by atoms with Crippen LogP contribution >= 0.6 is 0 Å². The molecule has 6 heteroatoms. The molecular weight excluding hydrogens is 396 g/mol. The van der Waals surface area contributed by atoms with E-state index in [4.69, 9.17) is 14.2 Å². The van der Waals surface area contributed by atoms with E-state index < -0.39 is 11.9 Å². The Morgan fingerprint density at radius 1 is 0.645 bits per heavy atom. The summed E-state index contributed by atoms with van der Waals surface area (Å²) in [5.41, 5.74) is 0.707.